The highest BCUT2D eigenvalue weighted by atomic mass is 16.5. The molecule has 0 spiro atoms. The van der Waals surface area contributed by atoms with Crippen molar-refractivity contribution < 1.29 is 9.53 Å². The SMILES string of the molecule is N#Cc1cccc(C(=O)NC2CCOC2)c1. The van der Waals surface area contributed by atoms with Gasteiger partial charge in [0.1, 0.15) is 0 Å². The number of nitrogens with one attached hydrogen (secondary N) is 1. The molecule has 1 amide bonds. The number of hydrogen-bond donors (Lipinski definition) is 1. The Labute approximate surface area is 93.8 Å². The maximum atomic E-state index is 11.8. The lowest BCUT2D eigenvalue weighted by Crippen LogP contribution is -2.34. The van der Waals surface area contributed by atoms with Gasteiger partial charge in [-0.05, 0) is 24.6 Å². The van der Waals surface area contributed by atoms with Gasteiger partial charge in [0, 0.05) is 12.2 Å². The van der Waals surface area contributed by atoms with Gasteiger partial charge in [-0.1, -0.05) is 6.07 Å². The van der Waals surface area contributed by atoms with Crippen LogP contribution >= 0.6 is 0 Å². The number of benzene rings is 1. The minimum absolute atomic E-state index is 0.0956. The standard InChI is InChI=1S/C12H12N2O2/c13-7-9-2-1-3-10(6-9)12(15)14-11-4-5-16-8-11/h1-3,6,11H,4-5,8H2,(H,14,15). The van der Waals surface area contributed by atoms with Crippen LogP contribution in [0.25, 0.3) is 0 Å². The summed E-state index contributed by atoms with van der Waals surface area (Å²) in [5, 5.41) is 11.6. The summed E-state index contributed by atoms with van der Waals surface area (Å²) in [6, 6.07) is 8.78. The van der Waals surface area contributed by atoms with Crippen molar-refractivity contribution in [1.82, 2.24) is 5.32 Å². The van der Waals surface area contributed by atoms with Crippen molar-refractivity contribution in [3.05, 3.63) is 35.4 Å². The van der Waals surface area contributed by atoms with Crippen LogP contribution in [0.2, 0.25) is 0 Å². The van der Waals surface area contributed by atoms with Gasteiger partial charge in [-0.25, -0.2) is 0 Å². The topological polar surface area (TPSA) is 62.1 Å². The molecule has 1 fully saturated rings. The van der Waals surface area contributed by atoms with Crippen molar-refractivity contribution >= 4 is 5.91 Å². The summed E-state index contributed by atoms with van der Waals surface area (Å²) < 4.78 is 5.17. The molecule has 4 nitrogen and oxygen atoms in total. The number of carbonyl (C=O) groups is 1. The fraction of sp³-hybridized carbons (Fsp3) is 0.333. The molecule has 2 rings (SSSR count). The molecule has 16 heavy (non-hydrogen) atoms. The number of rotatable bonds is 2. The van der Waals surface area contributed by atoms with Crippen molar-refractivity contribution in [2.45, 2.75) is 12.5 Å². The summed E-state index contributed by atoms with van der Waals surface area (Å²) in [7, 11) is 0. The van der Waals surface area contributed by atoms with Gasteiger partial charge in [0.2, 0.25) is 0 Å². The van der Waals surface area contributed by atoms with E-state index in [2.05, 4.69) is 5.32 Å². The number of nitriles is 1. The number of carbonyl (C=O) groups excluding carboxylic acids is 1. The Hall–Kier alpha value is -1.86. The second-order valence-electron chi connectivity index (χ2n) is 3.73. The molecule has 1 saturated heterocycles. The van der Waals surface area contributed by atoms with Crippen LogP contribution in [0.15, 0.2) is 24.3 Å². The highest BCUT2D eigenvalue weighted by Gasteiger charge is 2.18. The third kappa shape index (κ3) is 2.38. The predicted octanol–water partition coefficient (Wildman–Crippen LogP) is 1.08. The highest BCUT2D eigenvalue weighted by molar-refractivity contribution is 5.94. The number of ether oxygens (including phenoxy) is 1. The van der Waals surface area contributed by atoms with E-state index < -0.39 is 0 Å². The van der Waals surface area contributed by atoms with Crippen molar-refractivity contribution in [1.29, 1.82) is 5.26 Å². The van der Waals surface area contributed by atoms with Crippen LogP contribution in [0.3, 0.4) is 0 Å². The molecular weight excluding hydrogens is 204 g/mol. The third-order valence-corrected chi connectivity index (χ3v) is 2.52. The average Bonchev–Trinajstić information content (AvgIpc) is 2.82. The normalized spacial score (nSPS) is 19.1. The van der Waals surface area contributed by atoms with E-state index in [0.717, 1.165) is 6.42 Å². The van der Waals surface area contributed by atoms with Crippen LogP contribution in [-0.4, -0.2) is 25.2 Å². The largest absolute Gasteiger partial charge is 0.379 e. The second kappa shape index (κ2) is 4.77. The summed E-state index contributed by atoms with van der Waals surface area (Å²) in [5.74, 6) is -0.146. The van der Waals surface area contributed by atoms with Crippen LogP contribution in [0.1, 0.15) is 22.3 Å². The van der Waals surface area contributed by atoms with Gasteiger partial charge in [0.05, 0.1) is 24.3 Å². The molecule has 1 heterocycles. The Balaban J connectivity index is 2.05. The molecular formula is C12H12N2O2. The molecule has 0 aliphatic carbocycles. The molecule has 82 valence electrons. The maximum Gasteiger partial charge on any atom is 0.251 e. The molecule has 1 N–H and O–H groups in total. The van der Waals surface area contributed by atoms with Crippen LogP contribution in [0.4, 0.5) is 0 Å². The van der Waals surface area contributed by atoms with Gasteiger partial charge in [-0.15, -0.1) is 0 Å². The maximum absolute atomic E-state index is 11.8. The molecule has 1 aliphatic rings. The zero-order chi connectivity index (χ0) is 11.4. The zero-order valence-electron chi connectivity index (χ0n) is 8.77. The lowest BCUT2D eigenvalue weighted by atomic mass is 10.1. The van der Waals surface area contributed by atoms with E-state index in [4.69, 9.17) is 10.00 Å². The van der Waals surface area contributed by atoms with Crippen LogP contribution in [0, 0.1) is 11.3 Å². The van der Waals surface area contributed by atoms with E-state index >= 15 is 0 Å². The minimum atomic E-state index is -0.146. The van der Waals surface area contributed by atoms with E-state index in [1.165, 1.54) is 0 Å². The van der Waals surface area contributed by atoms with Crippen molar-refractivity contribution in [3.8, 4) is 6.07 Å². The summed E-state index contributed by atoms with van der Waals surface area (Å²) in [5.41, 5.74) is 1.02. The Morgan fingerprint density at radius 2 is 2.44 bits per heavy atom. The smallest absolute Gasteiger partial charge is 0.251 e. The first-order valence-electron chi connectivity index (χ1n) is 5.18. The summed E-state index contributed by atoms with van der Waals surface area (Å²) in [6.07, 6.45) is 0.851. The molecule has 1 atom stereocenters. The molecule has 1 unspecified atom stereocenters. The predicted molar refractivity (Wildman–Crippen MR) is 57.8 cm³/mol. The summed E-state index contributed by atoms with van der Waals surface area (Å²) in [6.45, 7) is 1.27. The quantitative estimate of drug-likeness (QED) is 0.804. The lowest BCUT2D eigenvalue weighted by Gasteiger charge is -2.10. The molecule has 1 aliphatic heterocycles. The molecule has 0 bridgehead atoms. The van der Waals surface area contributed by atoms with Crippen molar-refractivity contribution in [2.75, 3.05) is 13.2 Å². The van der Waals surface area contributed by atoms with E-state index in [9.17, 15) is 4.79 Å². The van der Waals surface area contributed by atoms with Crippen LogP contribution in [-0.2, 0) is 4.74 Å². The van der Waals surface area contributed by atoms with E-state index in [0.29, 0.717) is 24.3 Å². The lowest BCUT2D eigenvalue weighted by molar-refractivity contribution is 0.0930. The van der Waals surface area contributed by atoms with Gasteiger partial charge in [0.15, 0.2) is 0 Å². The van der Waals surface area contributed by atoms with Crippen molar-refractivity contribution in [3.63, 3.8) is 0 Å². The molecule has 4 heteroatoms. The molecule has 0 aromatic heterocycles. The first-order valence-corrected chi connectivity index (χ1v) is 5.18. The molecule has 1 aromatic carbocycles. The third-order valence-electron chi connectivity index (χ3n) is 2.52. The van der Waals surface area contributed by atoms with Gasteiger partial charge >= 0.3 is 0 Å². The van der Waals surface area contributed by atoms with E-state index in [1.54, 1.807) is 24.3 Å². The first-order chi connectivity index (χ1) is 7.79. The second-order valence-corrected chi connectivity index (χ2v) is 3.73. The van der Waals surface area contributed by atoms with Gasteiger partial charge < -0.3 is 10.1 Å². The zero-order valence-corrected chi connectivity index (χ0v) is 8.77. The van der Waals surface area contributed by atoms with Crippen molar-refractivity contribution in [2.24, 2.45) is 0 Å². The van der Waals surface area contributed by atoms with Crippen LogP contribution < -0.4 is 5.32 Å². The summed E-state index contributed by atoms with van der Waals surface area (Å²) >= 11 is 0. The monoisotopic (exact) mass is 216 g/mol. The van der Waals surface area contributed by atoms with Gasteiger partial charge in [-0.3, -0.25) is 4.79 Å². The highest BCUT2D eigenvalue weighted by Crippen LogP contribution is 2.07. The van der Waals surface area contributed by atoms with E-state index in [1.807, 2.05) is 6.07 Å². The Morgan fingerprint density at radius 1 is 1.56 bits per heavy atom. The number of hydrogen-bond acceptors (Lipinski definition) is 3. The van der Waals surface area contributed by atoms with Gasteiger partial charge in [0.25, 0.3) is 5.91 Å². The minimum Gasteiger partial charge on any atom is -0.379 e. The summed E-state index contributed by atoms with van der Waals surface area (Å²) in [4.78, 5) is 11.8. The molecule has 0 radical (unpaired) electrons. The average molecular weight is 216 g/mol. The first kappa shape index (κ1) is 10.7. The fourth-order valence-electron chi connectivity index (χ4n) is 1.65. The Kier molecular flexibility index (Phi) is 3.18. The Morgan fingerprint density at radius 3 is 3.12 bits per heavy atom. The van der Waals surface area contributed by atoms with Gasteiger partial charge in [-0.2, -0.15) is 5.26 Å². The molecule has 0 saturated carbocycles. The Bertz CT molecular complexity index is 431. The number of amides is 1. The molecule has 1 aromatic rings. The van der Waals surface area contributed by atoms with Crippen LogP contribution in [0.5, 0.6) is 0 Å². The van der Waals surface area contributed by atoms with E-state index in [-0.39, 0.29) is 11.9 Å². The number of nitrogens with zero attached hydrogens (tertiary/aromatic N) is 1. The fourth-order valence-corrected chi connectivity index (χ4v) is 1.65.